The van der Waals surface area contributed by atoms with E-state index in [9.17, 15) is 14.4 Å². The van der Waals surface area contributed by atoms with Crippen molar-refractivity contribution in [2.24, 2.45) is 5.73 Å². The van der Waals surface area contributed by atoms with Crippen LogP contribution in [0.1, 0.15) is 22.6 Å². The first-order valence-electron chi connectivity index (χ1n) is 13.1. The van der Waals surface area contributed by atoms with Crippen LogP contribution in [0.2, 0.25) is 0 Å². The third-order valence-electron chi connectivity index (χ3n) is 6.70. The lowest BCUT2D eigenvalue weighted by Crippen LogP contribution is -2.21. The van der Waals surface area contributed by atoms with Crippen LogP contribution in [0.4, 0.5) is 4.39 Å². The SMILES string of the molecule is COc1ccc(OCC(=O)Oc2ccc3c(c2)OC(N)=C(C#N)C3c2ccc(OCc3ccccc3F)c(OC)c2)cc1. The lowest BCUT2D eigenvalue weighted by atomic mass is 9.83. The molecule has 4 aromatic rings. The summed E-state index contributed by atoms with van der Waals surface area (Å²) in [6.07, 6.45) is 0. The molecule has 5 rings (SSSR count). The number of rotatable bonds is 10. The molecule has 4 aromatic carbocycles. The number of ether oxygens (including phenoxy) is 6. The van der Waals surface area contributed by atoms with Crippen molar-refractivity contribution in [3.8, 4) is 40.6 Å². The number of methoxy groups -OCH3 is 2. The van der Waals surface area contributed by atoms with Gasteiger partial charge in [0.05, 0.1) is 20.1 Å². The van der Waals surface area contributed by atoms with Crippen LogP contribution in [0.3, 0.4) is 0 Å². The van der Waals surface area contributed by atoms with Crippen molar-refractivity contribution in [2.45, 2.75) is 12.5 Å². The van der Waals surface area contributed by atoms with Crippen molar-refractivity contribution >= 4 is 5.97 Å². The first kappa shape index (κ1) is 28.8. The lowest BCUT2D eigenvalue weighted by Gasteiger charge is -2.27. The number of allylic oxidation sites excluding steroid dienone is 1. The summed E-state index contributed by atoms with van der Waals surface area (Å²) in [6.45, 7) is -0.315. The molecule has 0 amide bonds. The number of fused-ring (bicyclic) bond motifs is 1. The highest BCUT2D eigenvalue weighted by Gasteiger charge is 2.32. The summed E-state index contributed by atoms with van der Waals surface area (Å²) in [5, 5.41) is 9.94. The lowest BCUT2D eigenvalue weighted by molar-refractivity contribution is -0.136. The molecule has 0 aromatic heterocycles. The summed E-state index contributed by atoms with van der Waals surface area (Å²) in [5.74, 6) is 0.789. The molecule has 9 nitrogen and oxygen atoms in total. The molecule has 0 saturated carbocycles. The van der Waals surface area contributed by atoms with Crippen LogP contribution in [-0.4, -0.2) is 26.8 Å². The normalized spacial score (nSPS) is 13.7. The van der Waals surface area contributed by atoms with Gasteiger partial charge in [0.15, 0.2) is 18.1 Å². The second-order valence-corrected chi connectivity index (χ2v) is 9.35. The van der Waals surface area contributed by atoms with E-state index in [1.807, 2.05) is 0 Å². The number of benzene rings is 4. The fraction of sp³-hybridized carbons (Fsp3) is 0.152. The van der Waals surface area contributed by atoms with Crippen LogP contribution < -0.4 is 34.2 Å². The monoisotopic (exact) mass is 582 g/mol. The highest BCUT2D eigenvalue weighted by atomic mass is 19.1. The minimum atomic E-state index is -0.625. The standard InChI is InChI=1S/C33H27FN2O7/c1-38-22-8-10-23(11-9-22)40-19-31(37)42-24-12-13-25-29(16-24)43-33(36)26(17-35)32(25)20-7-14-28(30(15-20)39-2)41-18-21-5-3-4-6-27(21)34/h3-16,32H,18-19,36H2,1-2H3. The molecule has 2 N–H and O–H groups in total. The Kier molecular flexibility index (Phi) is 8.63. The van der Waals surface area contributed by atoms with Crippen LogP contribution in [0, 0.1) is 17.1 Å². The Morgan fingerprint density at radius 1 is 0.907 bits per heavy atom. The van der Waals surface area contributed by atoms with Crippen LogP contribution in [0.15, 0.2) is 96.4 Å². The van der Waals surface area contributed by atoms with E-state index in [0.717, 1.165) is 0 Å². The first-order valence-corrected chi connectivity index (χ1v) is 13.1. The fourth-order valence-electron chi connectivity index (χ4n) is 4.57. The molecule has 218 valence electrons. The van der Waals surface area contributed by atoms with Crippen molar-refractivity contribution in [3.05, 3.63) is 119 Å². The molecule has 43 heavy (non-hydrogen) atoms. The third kappa shape index (κ3) is 6.47. The predicted octanol–water partition coefficient (Wildman–Crippen LogP) is 5.62. The van der Waals surface area contributed by atoms with Gasteiger partial charge in [-0.15, -0.1) is 0 Å². The highest BCUT2D eigenvalue weighted by Crippen LogP contribution is 2.45. The Morgan fingerprint density at radius 2 is 1.65 bits per heavy atom. The summed E-state index contributed by atoms with van der Waals surface area (Å²) < 4.78 is 47.2. The first-order chi connectivity index (χ1) is 20.9. The van der Waals surface area contributed by atoms with Gasteiger partial charge in [-0.3, -0.25) is 0 Å². The van der Waals surface area contributed by atoms with Gasteiger partial charge in [-0.05, 0) is 54.1 Å². The van der Waals surface area contributed by atoms with Crippen LogP contribution in [0.25, 0.3) is 0 Å². The van der Waals surface area contributed by atoms with E-state index >= 15 is 0 Å². The number of carbonyl (C=O) groups excluding carboxylic acids is 1. The van der Waals surface area contributed by atoms with Gasteiger partial charge < -0.3 is 34.2 Å². The molecule has 0 aliphatic carbocycles. The van der Waals surface area contributed by atoms with E-state index in [1.165, 1.54) is 19.2 Å². The second-order valence-electron chi connectivity index (χ2n) is 9.35. The van der Waals surface area contributed by atoms with E-state index in [0.29, 0.717) is 45.4 Å². The topological polar surface area (TPSA) is 122 Å². The van der Waals surface area contributed by atoms with Gasteiger partial charge in [0, 0.05) is 17.2 Å². The summed E-state index contributed by atoms with van der Waals surface area (Å²) in [6, 6.07) is 25.3. The second kappa shape index (κ2) is 12.9. The Balaban J connectivity index is 1.34. The Morgan fingerprint density at radius 3 is 2.37 bits per heavy atom. The molecule has 10 heteroatoms. The average Bonchev–Trinajstić information content (AvgIpc) is 3.03. The Bertz CT molecular complexity index is 1710. The summed E-state index contributed by atoms with van der Waals surface area (Å²) >= 11 is 0. The maximum absolute atomic E-state index is 14.1. The molecule has 1 aliphatic rings. The molecule has 0 saturated heterocycles. The van der Waals surface area contributed by atoms with E-state index in [4.69, 9.17) is 34.2 Å². The highest BCUT2D eigenvalue weighted by molar-refractivity contribution is 5.74. The maximum Gasteiger partial charge on any atom is 0.349 e. The molecule has 0 radical (unpaired) electrons. The van der Waals surface area contributed by atoms with Gasteiger partial charge in [-0.1, -0.05) is 30.3 Å². The van der Waals surface area contributed by atoms with Crippen molar-refractivity contribution in [3.63, 3.8) is 0 Å². The van der Waals surface area contributed by atoms with Gasteiger partial charge in [-0.25, -0.2) is 9.18 Å². The minimum Gasteiger partial charge on any atom is -0.497 e. The molecule has 1 aliphatic heterocycles. The zero-order valence-electron chi connectivity index (χ0n) is 23.3. The van der Waals surface area contributed by atoms with Crippen LogP contribution >= 0.6 is 0 Å². The molecule has 0 fully saturated rings. The zero-order chi connectivity index (χ0) is 30.3. The fourth-order valence-corrected chi connectivity index (χ4v) is 4.57. The molecule has 0 spiro atoms. The van der Waals surface area contributed by atoms with Gasteiger partial charge in [0.1, 0.15) is 47.1 Å². The number of hydrogen-bond acceptors (Lipinski definition) is 9. The number of esters is 1. The van der Waals surface area contributed by atoms with Gasteiger partial charge in [0.25, 0.3) is 0 Å². The quantitative estimate of drug-likeness (QED) is 0.187. The number of halogens is 1. The summed E-state index contributed by atoms with van der Waals surface area (Å²) in [5.41, 5.74) is 8.06. The number of nitrogens with zero attached hydrogens (tertiary/aromatic N) is 1. The summed E-state index contributed by atoms with van der Waals surface area (Å²) in [4.78, 5) is 12.5. The largest absolute Gasteiger partial charge is 0.497 e. The van der Waals surface area contributed by atoms with Crippen molar-refractivity contribution in [1.29, 1.82) is 5.26 Å². The summed E-state index contributed by atoms with van der Waals surface area (Å²) in [7, 11) is 3.05. The molecule has 0 bridgehead atoms. The molecule has 1 heterocycles. The number of nitrogens with two attached hydrogens (primary N) is 1. The molecular weight excluding hydrogens is 555 g/mol. The van der Waals surface area contributed by atoms with Gasteiger partial charge in [-0.2, -0.15) is 5.26 Å². The van der Waals surface area contributed by atoms with E-state index in [-0.39, 0.29) is 36.2 Å². The van der Waals surface area contributed by atoms with E-state index in [1.54, 1.807) is 79.9 Å². The maximum atomic E-state index is 14.1. The Labute approximate surface area is 247 Å². The minimum absolute atomic E-state index is 0.00537. The Hall–Kier alpha value is -5.69. The zero-order valence-corrected chi connectivity index (χ0v) is 23.3. The molecule has 1 atom stereocenters. The predicted molar refractivity (Wildman–Crippen MR) is 154 cm³/mol. The van der Waals surface area contributed by atoms with Crippen molar-refractivity contribution in [2.75, 3.05) is 20.8 Å². The van der Waals surface area contributed by atoms with Crippen molar-refractivity contribution < 1.29 is 37.6 Å². The van der Waals surface area contributed by atoms with E-state index < -0.39 is 11.9 Å². The van der Waals surface area contributed by atoms with Crippen LogP contribution in [-0.2, 0) is 11.4 Å². The third-order valence-corrected chi connectivity index (χ3v) is 6.70. The number of nitriles is 1. The smallest absolute Gasteiger partial charge is 0.349 e. The average molecular weight is 583 g/mol. The molecular formula is C33H27FN2O7. The van der Waals surface area contributed by atoms with Gasteiger partial charge in [0.2, 0.25) is 5.88 Å². The number of carbonyl (C=O) groups is 1. The van der Waals surface area contributed by atoms with Crippen molar-refractivity contribution in [1.82, 2.24) is 0 Å². The number of hydrogen-bond donors (Lipinski definition) is 1. The van der Waals surface area contributed by atoms with Crippen LogP contribution in [0.5, 0.6) is 34.5 Å². The van der Waals surface area contributed by atoms with E-state index in [2.05, 4.69) is 6.07 Å². The molecule has 1 unspecified atom stereocenters. The van der Waals surface area contributed by atoms with Gasteiger partial charge >= 0.3 is 5.97 Å².